The van der Waals surface area contributed by atoms with Gasteiger partial charge in [-0.3, -0.25) is 4.79 Å². The summed E-state index contributed by atoms with van der Waals surface area (Å²) < 4.78 is 12.0. The molecule has 0 saturated carbocycles. The Balaban J connectivity index is 2.87. The van der Waals surface area contributed by atoms with Gasteiger partial charge in [-0.05, 0) is 43.1 Å². The predicted octanol–water partition coefficient (Wildman–Crippen LogP) is 5.48. The number of carbonyl (C=O) groups is 2. The predicted molar refractivity (Wildman–Crippen MR) is 112 cm³/mol. The Hall–Kier alpha value is -1.46. The van der Waals surface area contributed by atoms with Crippen LogP contribution in [0.2, 0.25) is 18.1 Å². The first-order valence-electron chi connectivity index (χ1n) is 9.75. The molecule has 1 aromatic carbocycles. The Morgan fingerprint density at radius 3 is 1.93 bits per heavy atom. The van der Waals surface area contributed by atoms with Crippen molar-refractivity contribution in [3.63, 3.8) is 0 Å². The van der Waals surface area contributed by atoms with E-state index in [2.05, 4.69) is 47.7 Å². The maximum Gasteiger partial charge on any atom is 0.338 e. The van der Waals surface area contributed by atoms with Gasteiger partial charge in [0.15, 0.2) is 20.2 Å². The van der Waals surface area contributed by atoms with Crippen molar-refractivity contribution in [3.05, 3.63) is 35.9 Å². The molecule has 0 radical (unpaired) electrons. The van der Waals surface area contributed by atoms with E-state index >= 15 is 0 Å². The van der Waals surface area contributed by atoms with Crippen LogP contribution >= 0.6 is 0 Å². The van der Waals surface area contributed by atoms with Gasteiger partial charge in [0.2, 0.25) is 0 Å². The fraction of sp³-hybridized carbons (Fsp3) is 0.636. The van der Waals surface area contributed by atoms with E-state index in [0.29, 0.717) is 5.56 Å². The van der Waals surface area contributed by atoms with E-state index in [-0.39, 0.29) is 28.8 Å². The molecule has 0 aliphatic heterocycles. The van der Waals surface area contributed by atoms with Crippen molar-refractivity contribution in [3.8, 4) is 0 Å². The molecule has 0 amide bonds. The largest absolute Gasteiger partial charge is 0.451 e. The normalized spacial score (nSPS) is 15.9. The lowest BCUT2D eigenvalue weighted by Gasteiger charge is -2.42. The van der Waals surface area contributed by atoms with Crippen LogP contribution in [0.15, 0.2) is 30.3 Å². The zero-order valence-corrected chi connectivity index (χ0v) is 19.3. The van der Waals surface area contributed by atoms with Crippen LogP contribution in [0.1, 0.15) is 58.8 Å². The summed E-state index contributed by atoms with van der Waals surface area (Å²) in [6.45, 7) is 18.6. The lowest BCUT2D eigenvalue weighted by Crippen LogP contribution is -2.49. The Morgan fingerprint density at radius 2 is 1.48 bits per heavy atom. The van der Waals surface area contributed by atoms with Gasteiger partial charge in [-0.1, -0.05) is 59.7 Å². The van der Waals surface area contributed by atoms with E-state index in [9.17, 15) is 9.59 Å². The average molecular weight is 393 g/mol. The number of carbonyl (C=O) groups excluding carboxylic acids is 2. The quantitative estimate of drug-likeness (QED) is 0.434. The summed E-state index contributed by atoms with van der Waals surface area (Å²) >= 11 is 0. The minimum atomic E-state index is -2.02. The Bertz CT molecular complexity index is 631. The molecule has 0 unspecified atom stereocenters. The lowest BCUT2D eigenvalue weighted by atomic mass is 9.89. The van der Waals surface area contributed by atoms with E-state index in [1.165, 1.54) is 0 Å². The Labute approximate surface area is 165 Å². The molecule has 4 nitrogen and oxygen atoms in total. The van der Waals surface area contributed by atoms with Crippen LogP contribution in [-0.4, -0.2) is 32.3 Å². The topological polar surface area (TPSA) is 52.6 Å². The molecule has 0 saturated heterocycles. The molecule has 1 aromatic rings. The first-order chi connectivity index (χ1) is 12.3. The zero-order chi connectivity index (χ0) is 21.0. The molecular weight excluding hydrogens is 356 g/mol. The fourth-order valence-electron chi connectivity index (χ4n) is 2.73. The van der Waals surface area contributed by atoms with Crippen LogP contribution in [0, 0.1) is 11.8 Å². The van der Waals surface area contributed by atoms with Gasteiger partial charge in [0, 0.05) is 5.92 Å². The highest BCUT2D eigenvalue weighted by Crippen LogP contribution is 2.39. The van der Waals surface area contributed by atoms with Crippen molar-refractivity contribution in [2.24, 2.45) is 11.8 Å². The van der Waals surface area contributed by atoms with Crippen LogP contribution in [0.4, 0.5) is 0 Å². The van der Waals surface area contributed by atoms with E-state index in [0.717, 1.165) is 0 Å². The smallest absolute Gasteiger partial charge is 0.338 e. The van der Waals surface area contributed by atoms with E-state index in [4.69, 9.17) is 9.16 Å². The number of Topliss-reactive ketones (excluding diaryl/α,β-unsaturated/α-hetero) is 1. The van der Waals surface area contributed by atoms with Crippen molar-refractivity contribution in [1.29, 1.82) is 0 Å². The highest BCUT2D eigenvalue weighted by atomic mass is 28.4. The van der Waals surface area contributed by atoms with Gasteiger partial charge in [0.1, 0.15) is 0 Å². The second-order valence-corrected chi connectivity index (χ2v) is 13.9. The van der Waals surface area contributed by atoms with Gasteiger partial charge < -0.3 is 9.16 Å². The summed E-state index contributed by atoms with van der Waals surface area (Å²) in [5, 5.41) is 0.0638. The summed E-state index contributed by atoms with van der Waals surface area (Å²) in [7, 11) is -2.02. The molecule has 27 heavy (non-hydrogen) atoms. The third-order valence-electron chi connectivity index (χ3n) is 5.53. The summed E-state index contributed by atoms with van der Waals surface area (Å²) in [5.74, 6) is -0.737. The first-order valence-corrected chi connectivity index (χ1v) is 12.7. The SMILES string of the molecule is CC(C)[C@@H](O[Si](C)(C)C(C)(C)C)[C@@H](C)C(=O)[C@H](C)OC(=O)c1ccccc1. The molecular formula is C22H36O4Si. The highest BCUT2D eigenvalue weighted by molar-refractivity contribution is 6.74. The standard InChI is InChI=1S/C22H36O4Si/c1-15(2)20(26-27(8,9)22(5,6)7)16(3)19(23)17(4)25-21(24)18-13-11-10-12-14-18/h10-17,20H,1-9H3/t16-,17-,20+/m0/s1. The van der Waals surface area contributed by atoms with E-state index in [1.54, 1.807) is 31.2 Å². The van der Waals surface area contributed by atoms with Gasteiger partial charge in [-0.2, -0.15) is 0 Å². The molecule has 0 heterocycles. The monoisotopic (exact) mass is 392 g/mol. The minimum absolute atomic E-state index is 0.0638. The molecule has 0 spiro atoms. The summed E-state index contributed by atoms with van der Waals surface area (Å²) in [6.07, 6.45) is -1.01. The van der Waals surface area contributed by atoms with Crippen molar-refractivity contribution in [2.75, 3.05) is 0 Å². The Morgan fingerprint density at radius 1 is 0.963 bits per heavy atom. The summed E-state index contributed by atoms with van der Waals surface area (Å²) in [6, 6.07) is 8.74. The van der Waals surface area contributed by atoms with Crippen molar-refractivity contribution < 1.29 is 18.8 Å². The molecule has 0 fully saturated rings. The molecule has 1 rings (SSSR count). The maximum absolute atomic E-state index is 12.9. The Kier molecular flexibility index (Phi) is 7.99. The third-order valence-corrected chi connectivity index (χ3v) is 10.0. The van der Waals surface area contributed by atoms with E-state index in [1.807, 2.05) is 13.0 Å². The lowest BCUT2D eigenvalue weighted by molar-refractivity contribution is -0.134. The molecule has 152 valence electrons. The molecule has 0 aromatic heterocycles. The van der Waals surface area contributed by atoms with Crippen LogP contribution in [-0.2, 0) is 14.0 Å². The van der Waals surface area contributed by atoms with Crippen LogP contribution in [0.3, 0.4) is 0 Å². The van der Waals surface area contributed by atoms with E-state index < -0.39 is 20.4 Å². The second-order valence-electron chi connectivity index (χ2n) is 9.19. The van der Waals surface area contributed by atoms with Crippen LogP contribution < -0.4 is 0 Å². The molecule has 0 N–H and O–H groups in total. The fourth-order valence-corrected chi connectivity index (χ4v) is 4.24. The van der Waals surface area contributed by atoms with Crippen molar-refractivity contribution >= 4 is 20.1 Å². The average Bonchev–Trinajstić information content (AvgIpc) is 2.57. The van der Waals surface area contributed by atoms with Gasteiger partial charge >= 0.3 is 5.97 Å². The van der Waals surface area contributed by atoms with Gasteiger partial charge in [-0.25, -0.2) is 4.79 Å². The molecule has 3 atom stereocenters. The van der Waals surface area contributed by atoms with Crippen LogP contribution in [0.25, 0.3) is 0 Å². The van der Waals surface area contributed by atoms with Gasteiger partial charge in [0.25, 0.3) is 0 Å². The number of rotatable bonds is 8. The van der Waals surface area contributed by atoms with Gasteiger partial charge in [0.05, 0.1) is 11.7 Å². The maximum atomic E-state index is 12.9. The highest BCUT2D eigenvalue weighted by Gasteiger charge is 2.42. The molecule has 0 bridgehead atoms. The van der Waals surface area contributed by atoms with Crippen molar-refractivity contribution in [1.82, 2.24) is 0 Å². The summed E-state index contributed by atoms with van der Waals surface area (Å²) in [4.78, 5) is 25.2. The third kappa shape index (κ3) is 6.28. The minimum Gasteiger partial charge on any atom is -0.451 e. The molecule has 5 heteroatoms. The van der Waals surface area contributed by atoms with Crippen LogP contribution in [0.5, 0.6) is 0 Å². The first kappa shape index (κ1) is 23.6. The number of hydrogen-bond acceptors (Lipinski definition) is 4. The summed E-state index contributed by atoms with van der Waals surface area (Å²) in [5.41, 5.74) is 0.447. The number of ether oxygens (including phenoxy) is 1. The number of ketones is 1. The van der Waals surface area contributed by atoms with Crippen molar-refractivity contribution in [2.45, 2.75) is 78.8 Å². The van der Waals surface area contributed by atoms with Gasteiger partial charge in [-0.15, -0.1) is 0 Å². The number of esters is 1. The second kappa shape index (κ2) is 9.15. The number of hydrogen-bond donors (Lipinski definition) is 0. The molecule has 0 aliphatic carbocycles. The molecule has 0 aliphatic rings. The number of benzene rings is 1. The zero-order valence-electron chi connectivity index (χ0n) is 18.3.